The van der Waals surface area contributed by atoms with Gasteiger partial charge >= 0.3 is 0 Å². The number of rotatable bonds is 16. The summed E-state index contributed by atoms with van der Waals surface area (Å²) in [6, 6.07) is 0. The Hall–Kier alpha value is -0.0900. The van der Waals surface area contributed by atoms with Crippen molar-refractivity contribution in [3.8, 4) is 0 Å². The van der Waals surface area contributed by atoms with E-state index in [1.807, 2.05) is 0 Å². The van der Waals surface area contributed by atoms with Crippen LogP contribution in [0.4, 0.5) is 0 Å². The maximum absolute atomic E-state index is 11.6. The Morgan fingerprint density at radius 2 is 1.00 bits per heavy atom. The van der Waals surface area contributed by atoms with Gasteiger partial charge in [0.1, 0.15) is 9.84 Å². The van der Waals surface area contributed by atoms with Crippen LogP contribution in [0.1, 0.15) is 90.4 Å². The standard InChI is InChI=1S/C17H36O3S/c1-2-3-4-5-6-7-8-9-10-11-12-13-16-21(19,20)17-14-15-18/h18H,2-17H2,1H3. The smallest absolute Gasteiger partial charge is 0.150 e. The molecule has 0 aromatic carbocycles. The largest absolute Gasteiger partial charge is 0.396 e. The number of aliphatic hydroxyl groups is 1. The summed E-state index contributed by atoms with van der Waals surface area (Å²) in [7, 11) is -2.92. The van der Waals surface area contributed by atoms with E-state index < -0.39 is 9.84 Å². The van der Waals surface area contributed by atoms with Gasteiger partial charge in [0, 0.05) is 6.61 Å². The molecule has 0 aliphatic carbocycles. The van der Waals surface area contributed by atoms with Crippen molar-refractivity contribution >= 4 is 9.84 Å². The van der Waals surface area contributed by atoms with Gasteiger partial charge in [0.2, 0.25) is 0 Å². The number of hydrogen-bond acceptors (Lipinski definition) is 3. The molecule has 0 bridgehead atoms. The minimum atomic E-state index is -2.92. The Labute approximate surface area is 132 Å². The predicted molar refractivity (Wildman–Crippen MR) is 91.4 cm³/mol. The van der Waals surface area contributed by atoms with E-state index >= 15 is 0 Å². The van der Waals surface area contributed by atoms with Crippen LogP contribution in [0.25, 0.3) is 0 Å². The first-order valence-corrected chi connectivity index (χ1v) is 10.8. The molecule has 0 unspecified atom stereocenters. The second-order valence-electron chi connectivity index (χ2n) is 6.12. The molecule has 128 valence electrons. The van der Waals surface area contributed by atoms with Crippen LogP contribution >= 0.6 is 0 Å². The molecule has 0 rings (SSSR count). The third-order valence-electron chi connectivity index (χ3n) is 3.92. The average molecular weight is 321 g/mol. The summed E-state index contributed by atoms with van der Waals surface area (Å²) in [6.07, 6.45) is 15.4. The molecular formula is C17H36O3S. The molecule has 0 heterocycles. The highest BCUT2D eigenvalue weighted by atomic mass is 32.2. The van der Waals surface area contributed by atoms with Gasteiger partial charge in [0.05, 0.1) is 11.5 Å². The average Bonchev–Trinajstić information content (AvgIpc) is 2.46. The minimum Gasteiger partial charge on any atom is -0.396 e. The van der Waals surface area contributed by atoms with Crippen molar-refractivity contribution in [3.63, 3.8) is 0 Å². The molecule has 0 spiro atoms. The summed E-state index contributed by atoms with van der Waals surface area (Å²) < 4.78 is 23.1. The van der Waals surface area contributed by atoms with Crippen molar-refractivity contribution < 1.29 is 13.5 Å². The van der Waals surface area contributed by atoms with Gasteiger partial charge < -0.3 is 5.11 Å². The van der Waals surface area contributed by atoms with E-state index in [0.717, 1.165) is 19.3 Å². The monoisotopic (exact) mass is 320 g/mol. The maximum Gasteiger partial charge on any atom is 0.150 e. The van der Waals surface area contributed by atoms with Gasteiger partial charge in [0.25, 0.3) is 0 Å². The van der Waals surface area contributed by atoms with Crippen LogP contribution in [-0.2, 0) is 9.84 Å². The van der Waals surface area contributed by atoms with Crippen molar-refractivity contribution in [1.82, 2.24) is 0 Å². The van der Waals surface area contributed by atoms with Gasteiger partial charge in [0.15, 0.2) is 0 Å². The molecule has 0 radical (unpaired) electrons. The number of sulfone groups is 1. The van der Waals surface area contributed by atoms with Gasteiger partial charge in [-0.25, -0.2) is 8.42 Å². The van der Waals surface area contributed by atoms with Crippen LogP contribution in [0.3, 0.4) is 0 Å². The first-order chi connectivity index (χ1) is 10.1. The molecule has 3 nitrogen and oxygen atoms in total. The van der Waals surface area contributed by atoms with E-state index in [4.69, 9.17) is 5.11 Å². The molecule has 0 fully saturated rings. The molecule has 1 N–H and O–H groups in total. The van der Waals surface area contributed by atoms with Crippen LogP contribution < -0.4 is 0 Å². The molecule has 4 heteroatoms. The van der Waals surface area contributed by atoms with E-state index in [-0.39, 0.29) is 12.4 Å². The summed E-state index contributed by atoms with van der Waals surface area (Å²) in [6.45, 7) is 2.22. The Morgan fingerprint density at radius 3 is 1.43 bits per heavy atom. The lowest BCUT2D eigenvalue weighted by Gasteiger charge is -2.04. The topological polar surface area (TPSA) is 54.4 Å². The van der Waals surface area contributed by atoms with Crippen LogP contribution in [0.5, 0.6) is 0 Å². The Morgan fingerprint density at radius 1 is 0.619 bits per heavy atom. The van der Waals surface area contributed by atoms with Crippen molar-refractivity contribution in [2.24, 2.45) is 0 Å². The fraction of sp³-hybridized carbons (Fsp3) is 1.00. The number of unbranched alkanes of at least 4 members (excludes halogenated alkanes) is 11. The molecule has 0 saturated carbocycles. The van der Waals surface area contributed by atoms with Gasteiger partial charge in [-0.2, -0.15) is 0 Å². The fourth-order valence-electron chi connectivity index (χ4n) is 2.55. The predicted octanol–water partition coefficient (Wildman–Crippen LogP) is 4.48. The highest BCUT2D eigenvalue weighted by molar-refractivity contribution is 7.91. The zero-order valence-corrected chi connectivity index (χ0v) is 14.8. The van der Waals surface area contributed by atoms with Gasteiger partial charge in [-0.15, -0.1) is 0 Å². The second-order valence-corrected chi connectivity index (χ2v) is 8.42. The van der Waals surface area contributed by atoms with Crippen molar-refractivity contribution in [3.05, 3.63) is 0 Å². The van der Waals surface area contributed by atoms with E-state index in [9.17, 15) is 8.42 Å². The van der Waals surface area contributed by atoms with Gasteiger partial charge in [-0.1, -0.05) is 77.6 Å². The molecule has 0 saturated heterocycles. The molecule has 0 aliphatic rings. The van der Waals surface area contributed by atoms with Crippen LogP contribution in [-0.4, -0.2) is 31.6 Å². The molecule has 0 aliphatic heterocycles. The quantitative estimate of drug-likeness (QED) is 0.426. The molecule has 0 atom stereocenters. The SMILES string of the molecule is CCCCCCCCCCCCCCS(=O)(=O)CCCO. The highest BCUT2D eigenvalue weighted by Crippen LogP contribution is 2.12. The minimum absolute atomic E-state index is 0.0301. The normalized spacial score (nSPS) is 11.9. The summed E-state index contributed by atoms with van der Waals surface area (Å²) in [5.74, 6) is 0.436. The Bertz CT molecular complexity index is 299. The van der Waals surface area contributed by atoms with Crippen molar-refractivity contribution in [2.75, 3.05) is 18.1 Å². The molecule has 21 heavy (non-hydrogen) atoms. The van der Waals surface area contributed by atoms with Crippen molar-refractivity contribution in [2.45, 2.75) is 90.4 Å². The van der Waals surface area contributed by atoms with Crippen molar-refractivity contribution in [1.29, 1.82) is 0 Å². The summed E-state index contributed by atoms with van der Waals surface area (Å²) in [5, 5.41) is 8.64. The molecular weight excluding hydrogens is 284 g/mol. The van der Waals surface area contributed by atoms with Crippen LogP contribution in [0.15, 0.2) is 0 Å². The zero-order valence-electron chi connectivity index (χ0n) is 14.0. The maximum atomic E-state index is 11.6. The summed E-state index contributed by atoms with van der Waals surface area (Å²) >= 11 is 0. The number of aliphatic hydroxyl groups excluding tert-OH is 1. The van der Waals surface area contributed by atoms with E-state index in [1.54, 1.807) is 0 Å². The van der Waals surface area contributed by atoms with Crippen LogP contribution in [0, 0.1) is 0 Å². The lowest BCUT2D eigenvalue weighted by molar-refractivity contribution is 0.295. The van der Waals surface area contributed by atoms with Crippen LogP contribution in [0.2, 0.25) is 0 Å². The summed E-state index contributed by atoms with van der Waals surface area (Å²) in [5.41, 5.74) is 0. The third kappa shape index (κ3) is 16.1. The lowest BCUT2D eigenvalue weighted by atomic mass is 10.1. The zero-order chi connectivity index (χ0) is 15.8. The van der Waals surface area contributed by atoms with E-state index in [1.165, 1.54) is 57.8 Å². The highest BCUT2D eigenvalue weighted by Gasteiger charge is 2.09. The molecule has 0 aromatic rings. The molecule has 0 amide bonds. The lowest BCUT2D eigenvalue weighted by Crippen LogP contribution is -2.12. The van der Waals surface area contributed by atoms with E-state index in [0.29, 0.717) is 12.2 Å². The Kier molecular flexibility index (Phi) is 14.8. The van der Waals surface area contributed by atoms with Gasteiger partial charge in [-0.05, 0) is 12.8 Å². The first-order valence-electron chi connectivity index (χ1n) is 8.93. The van der Waals surface area contributed by atoms with E-state index in [2.05, 4.69) is 6.92 Å². The number of hydrogen-bond donors (Lipinski definition) is 1. The Balaban J connectivity index is 3.22. The van der Waals surface area contributed by atoms with Gasteiger partial charge in [-0.3, -0.25) is 0 Å². The fourth-order valence-corrected chi connectivity index (χ4v) is 3.97. The first kappa shape index (κ1) is 20.9. The summed E-state index contributed by atoms with van der Waals surface area (Å²) in [4.78, 5) is 0. The molecule has 0 aromatic heterocycles. The third-order valence-corrected chi connectivity index (χ3v) is 5.74. The second kappa shape index (κ2) is 14.8.